The predicted molar refractivity (Wildman–Crippen MR) is 74.6 cm³/mol. The first-order chi connectivity index (χ1) is 9.04. The number of halogens is 1. The first-order valence-corrected chi connectivity index (χ1v) is 7.23. The summed E-state index contributed by atoms with van der Waals surface area (Å²) in [4.78, 5) is 12.9. The van der Waals surface area contributed by atoms with Crippen molar-refractivity contribution in [2.24, 2.45) is 5.92 Å². The minimum absolute atomic E-state index is 0.0223. The number of Topliss-reactive ketones (excluding diaryl/α,β-unsaturated/α-hetero) is 1. The van der Waals surface area contributed by atoms with Gasteiger partial charge in [-0.2, -0.15) is 5.10 Å². The van der Waals surface area contributed by atoms with Crippen LogP contribution in [0.1, 0.15) is 50.0 Å². The molecule has 5 heteroatoms. The lowest BCUT2D eigenvalue weighted by molar-refractivity contribution is -0.0309. The Hall–Kier alpha value is -0.870. The van der Waals surface area contributed by atoms with Crippen LogP contribution < -0.4 is 0 Å². The molecule has 19 heavy (non-hydrogen) atoms. The average molecular weight is 285 g/mol. The van der Waals surface area contributed by atoms with Crippen molar-refractivity contribution in [2.45, 2.75) is 51.7 Å². The molecule has 4 nitrogen and oxygen atoms in total. The Morgan fingerprint density at radius 3 is 3.00 bits per heavy atom. The van der Waals surface area contributed by atoms with E-state index >= 15 is 0 Å². The van der Waals surface area contributed by atoms with Crippen LogP contribution in [0.2, 0.25) is 5.02 Å². The van der Waals surface area contributed by atoms with Gasteiger partial charge in [0, 0.05) is 13.7 Å². The highest BCUT2D eigenvalue weighted by Gasteiger charge is 2.44. The first kappa shape index (κ1) is 14.5. The Morgan fingerprint density at radius 2 is 2.42 bits per heavy atom. The van der Waals surface area contributed by atoms with E-state index in [0.717, 1.165) is 25.7 Å². The van der Waals surface area contributed by atoms with E-state index in [1.165, 1.54) is 6.20 Å². The van der Waals surface area contributed by atoms with Gasteiger partial charge in [0.1, 0.15) is 11.3 Å². The summed E-state index contributed by atoms with van der Waals surface area (Å²) < 4.78 is 7.30. The Morgan fingerprint density at radius 1 is 1.68 bits per heavy atom. The van der Waals surface area contributed by atoms with Crippen LogP contribution in [-0.4, -0.2) is 28.3 Å². The maximum Gasteiger partial charge on any atom is 0.214 e. The second-order valence-electron chi connectivity index (χ2n) is 5.39. The summed E-state index contributed by atoms with van der Waals surface area (Å²) in [5, 5.41) is 4.56. The van der Waals surface area contributed by atoms with Crippen LogP contribution in [0.15, 0.2) is 6.20 Å². The fourth-order valence-corrected chi connectivity index (χ4v) is 3.26. The molecule has 1 aliphatic rings. The van der Waals surface area contributed by atoms with E-state index in [1.54, 1.807) is 11.8 Å². The molecule has 1 aromatic heterocycles. The molecule has 2 atom stereocenters. The molecule has 2 rings (SSSR count). The van der Waals surface area contributed by atoms with Gasteiger partial charge in [-0.1, -0.05) is 24.9 Å². The van der Waals surface area contributed by atoms with Gasteiger partial charge in [-0.05, 0) is 32.1 Å². The van der Waals surface area contributed by atoms with E-state index < -0.39 is 5.60 Å². The number of ether oxygens (including phenoxy) is 1. The van der Waals surface area contributed by atoms with E-state index in [2.05, 4.69) is 12.0 Å². The maximum absolute atomic E-state index is 12.9. The third kappa shape index (κ3) is 2.56. The summed E-state index contributed by atoms with van der Waals surface area (Å²) in [6, 6.07) is 0. The van der Waals surface area contributed by atoms with Crippen LogP contribution in [-0.2, 0) is 11.3 Å². The highest BCUT2D eigenvalue weighted by molar-refractivity contribution is 6.34. The van der Waals surface area contributed by atoms with E-state index in [0.29, 0.717) is 23.2 Å². The molecule has 106 valence electrons. The quantitative estimate of drug-likeness (QED) is 0.797. The van der Waals surface area contributed by atoms with Crippen LogP contribution in [0, 0.1) is 5.92 Å². The summed E-state index contributed by atoms with van der Waals surface area (Å²) in [6.07, 6.45) is 5.22. The van der Waals surface area contributed by atoms with Gasteiger partial charge >= 0.3 is 0 Å². The lowest BCUT2D eigenvalue weighted by Crippen LogP contribution is -2.45. The Labute approximate surface area is 119 Å². The number of rotatable bonds is 4. The van der Waals surface area contributed by atoms with E-state index in [9.17, 15) is 4.79 Å². The number of ketones is 1. The second kappa shape index (κ2) is 5.63. The number of aryl methyl sites for hydroxylation is 1. The maximum atomic E-state index is 12.9. The van der Waals surface area contributed by atoms with E-state index in [4.69, 9.17) is 16.3 Å². The molecule has 1 aliphatic carbocycles. The van der Waals surface area contributed by atoms with Crippen LogP contribution in [0.4, 0.5) is 0 Å². The van der Waals surface area contributed by atoms with Crippen molar-refractivity contribution in [2.75, 3.05) is 7.11 Å². The summed E-state index contributed by atoms with van der Waals surface area (Å²) in [7, 11) is 1.62. The molecule has 0 spiro atoms. The van der Waals surface area contributed by atoms with Crippen LogP contribution in [0.5, 0.6) is 0 Å². The Kier molecular flexibility index (Phi) is 4.31. The molecular formula is C14H21ClN2O2. The van der Waals surface area contributed by atoms with Gasteiger partial charge in [-0.15, -0.1) is 0 Å². The predicted octanol–water partition coefficient (Wildman–Crippen LogP) is 3.33. The number of methoxy groups -OCH3 is 1. The number of hydrogen-bond donors (Lipinski definition) is 0. The van der Waals surface area contributed by atoms with Crippen molar-refractivity contribution in [3.8, 4) is 0 Å². The summed E-state index contributed by atoms with van der Waals surface area (Å²) in [5.74, 6) is 0.473. The van der Waals surface area contributed by atoms with Gasteiger partial charge in [0.2, 0.25) is 5.78 Å². The minimum atomic E-state index is -0.728. The number of carbonyl (C=O) groups is 1. The largest absolute Gasteiger partial charge is 0.370 e. The third-order valence-electron chi connectivity index (χ3n) is 4.07. The monoisotopic (exact) mass is 284 g/mol. The number of aromatic nitrogens is 2. The van der Waals surface area contributed by atoms with Gasteiger partial charge in [0.15, 0.2) is 0 Å². The molecule has 0 N–H and O–H groups in total. The molecule has 0 aliphatic heterocycles. The molecule has 1 fully saturated rings. The van der Waals surface area contributed by atoms with Gasteiger partial charge in [0.25, 0.3) is 0 Å². The molecule has 0 saturated heterocycles. The summed E-state index contributed by atoms with van der Waals surface area (Å²) in [6.45, 7) is 4.74. The Bertz CT molecular complexity index is 472. The van der Waals surface area contributed by atoms with Crippen molar-refractivity contribution < 1.29 is 9.53 Å². The molecule has 1 aromatic rings. The van der Waals surface area contributed by atoms with Crippen molar-refractivity contribution in [1.82, 2.24) is 9.78 Å². The zero-order valence-electron chi connectivity index (χ0n) is 11.8. The minimum Gasteiger partial charge on any atom is -0.370 e. The topological polar surface area (TPSA) is 44.1 Å². The molecule has 2 unspecified atom stereocenters. The normalized spacial score (nSPS) is 27.5. The van der Waals surface area contributed by atoms with E-state index in [-0.39, 0.29) is 5.78 Å². The first-order valence-electron chi connectivity index (χ1n) is 6.85. The number of carbonyl (C=O) groups excluding carboxylic acids is 1. The summed E-state index contributed by atoms with van der Waals surface area (Å²) >= 11 is 6.13. The molecule has 0 amide bonds. The van der Waals surface area contributed by atoms with Gasteiger partial charge < -0.3 is 4.74 Å². The molecular weight excluding hydrogens is 264 g/mol. The standard InChI is InChI=1S/C14H21ClN2O2/c1-4-17-12(11(15)9-16-17)13(18)14(19-3)7-5-6-10(2)8-14/h9-10H,4-8H2,1-3H3. The smallest absolute Gasteiger partial charge is 0.214 e. The van der Waals surface area contributed by atoms with Crippen molar-refractivity contribution in [3.63, 3.8) is 0 Å². The van der Waals surface area contributed by atoms with Crippen molar-refractivity contribution in [1.29, 1.82) is 0 Å². The highest BCUT2D eigenvalue weighted by atomic mass is 35.5. The molecule has 0 bridgehead atoms. The van der Waals surface area contributed by atoms with Crippen LogP contribution in [0.3, 0.4) is 0 Å². The van der Waals surface area contributed by atoms with E-state index in [1.807, 2.05) is 6.92 Å². The fraction of sp³-hybridized carbons (Fsp3) is 0.714. The van der Waals surface area contributed by atoms with Crippen LogP contribution >= 0.6 is 11.6 Å². The highest BCUT2D eigenvalue weighted by Crippen LogP contribution is 2.38. The third-order valence-corrected chi connectivity index (χ3v) is 4.35. The molecule has 1 heterocycles. The number of nitrogens with zero attached hydrogens (tertiary/aromatic N) is 2. The SMILES string of the molecule is CCn1ncc(Cl)c1C(=O)C1(OC)CCCC(C)C1. The van der Waals surface area contributed by atoms with Gasteiger partial charge in [0.05, 0.1) is 11.2 Å². The zero-order valence-corrected chi connectivity index (χ0v) is 12.5. The molecule has 0 aromatic carbocycles. The van der Waals surface area contributed by atoms with Gasteiger partial charge in [-0.3, -0.25) is 9.48 Å². The lowest BCUT2D eigenvalue weighted by atomic mass is 9.75. The zero-order chi connectivity index (χ0) is 14.0. The number of hydrogen-bond acceptors (Lipinski definition) is 3. The second-order valence-corrected chi connectivity index (χ2v) is 5.79. The fourth-order valence-electron chi connectivity index (χ4n) is 3.03. The average Bonchev–Trinajstić information content (AvgIpc) is 2.78. The molecule has 0 radical (unpaired) electrons. The van der Waals surface area contributed by atoms with Crippen molar-refractivity contribution >= 4 is 17.4 Å². The summed E-state index contributed by atoms with van der Waals surface area (Å²) in [5.41, 5.74) is -0.242. The van der Waals surface area contributed by atoms with Crippen LogP contribution in [0.25, 0.3) is 0 Å². The van der Waals surface area contributed by atoms with Crippen molar-refractivity contribution in [3.05, 3.63) is 16.9 Å². The van der Waals surface area contributed by atoms with Gasteiger partial charge in [-0.25, -0.2) is 0 Å². The molecule has 1 saturated carbocycles. The lowest BCUT2D eigenvalue weighted by Gasteiger charge is -2.37. The Balaban J connectivity index is 2.37.